The first-order valence-corrected chi connectivity index (χ1v) is 25.3. The van der Waals surface area contributed by atoms with Crippen molar-refractivity contribution in [2.75, 3.05) is 51.8 Å². The maximum atomic E-state index is 2.39. The molecule has 254 valence electrons. The molecule has 0 amide bonds. The molecule has 10 bridgehead atoms. The Balaban J connectivity index is 0.914. The average Bonchev–Trinajstić information content (AvgIpc) is 3.07. The Labute approximate surface area is 295 Å². The van der Waals surface area contributed by atoms with Gasteiger partial charge in [-0.3, -0.25) is 0 Å². The van der Waals surface area contributed by atoms with Crippen LogP contribution < -0.4 is 0 Å². The van der Waals surface area contributed by atoms with E-state index in [4.69, 9.17) is 0 Å². The molecule has 13 rings (SSSR count). The van der Waals surface area contributed by atoms with Crippen molar-refractivity contribution in [3.8, 4) is 0 Å². The Morgan fingerprint density at radius 3 is 0.614 bits per heavy atom. The second kappa shape index (κ2) is 19.8. The van der Waals surface area contributed by atoms with Crippen molar-refractivity contribution in [2.45, 2.75) is 134 Å². The Hall–Kier alpha value is 1.75. The molecule has 0 aromatic rings. The maximum absolute atomic E-state index is 2.39. The van der Waals surface area contributed by atoms with E-state index in [-0.39, 0.29) is 0 Å². The third-order valence-corrected chi connectivity index (χ3v) is 20.3. The highest BCUT2D eigenvalue weighted by Gasteiger charge is 2.28. The summed E-state index contributed by atoms with van der Waals surface area (Å²) >= 11 is 11.8. The molecule has 13 aliphatic rings. The summed E-state index contributed by atoms with van der Waals surface area (Å²) in [7, 11) is 0. The van der Waals surface area contributed by atoms with E-state index in [1.54, 1.807) is 0 Å². The minimum atomic E-state index is 0.990. The van der Waals surface area contributed by atoms with Gasteiger partial charge in [0.25, 0.3) is 0 Å². The predicted octanol–water partition coefficient (Wildman–Crippen LogP) is 12.5. The molecule has 8 saturated heterocycles. The average molecular weight is 697 g/mol. The van der Waals surface area contributed by atoms with Crippen LogP contribution in [0.15, 0.2) is 0 Å². The molecule has 5 heteroatoms. The first-order valence-electron chi connectivity index (χ1n) is 19.7. The number of fused-ring (bicyclic) bond motifs is 2. The van der Waals surface area contributed by atoms with Gasteiger partial charge in [0.05, 0.1) is 0 Å². The van der Waals surface area contributed by atoms with E-state index in [9.17, 15) is 0 Å². The zero-order valence-electron chi connectivity index (χ0n) is 28.3. The molecule has 0 atom stereocenters. The third-order valence-electron chi connectivity index (χ3n) is 13.1. The molecule has 44 heavy (non-hydrogen) atoms. The van der Waals surface area contributed by atoms with E-state index in [0.717, 1.165) is 58.5 Å². The van der Waals surface area contributed by atoms with Crippen LogP contribution in [0, 0.1) is 53.3 Å². The molecule has 0 radical (unpaired) electrons. The smallest absolute Gasteiger partial charge is 0.00473 e. The van der Waals surface area contributed by atoms with Gasteiger partial charge >= 0.3 is 0 Å². The van der Waals surface area contributed by atoms with Crippen LogP contribution in [-0.4, -0.2) is 57.0 Å². The van der Waals surface area contributed by atoms with Gasteiger partial charge in [0.1, 0.15) is 0 Å². The Morgan fingerprint density at radius 1 is 0.205 bits per heavy atom. The molecule has 0 aromatic carbocycles. The number of hydrogen-bond donors (Lipinski definition) is 0. The third kappa shape index (κ3) is 12.3. The van der Waals surface area contributed by atoms with Gasteiger partial charge in [0, 0.05) is 5.25 Å². The second-order valence-electron chi connectivity index (χ2n) is 16.7. The van der Waals surface area contributed by atoms with Crippen LogP contribution in [0.2, 0.25) is 0 Å². The van der Waals surface area contributed by atoms with Gasteiger partial charge in [0.15, 0.2) is 0 Å². The molecule has 8 heterocycles. The van der Waals surface area contributed by atoms with Gasteiger partial charge < -0.3 is 0 Å². The Morgan fingerprint density at radius 2 is 0.386 bits per heavy atom. The van der Waals surface area contributed by atoms with Crippen LogP contribution in [0.5, 0.6) is 0 Å². The summed E-state index contributed by atoms with van der Waals surface area (Å²) in [6.07, 6.45) is 30.7. The summed E-state index contributed by atoms with van der Waals surface area (Å²) in [6, 6.07) is 0. The van der Waals surface area contributed by atoms with Crippen molar-refractivity contribution in [3.05, 3.63) is 0 Å². The SMILES string of the molecule is C1C[C@H]2CC[C@@H]1CSC[C@@H]1CC[C@@H](CC1)CSC[C@@H]1CC[C@@H](CC1)CS[C@H]1CC[C@H](CC1)CSC[C@H]1CC[C@H](CC1)CSC2. The summed E-state index contributed by atoms with van der Waals surface area (Å²) in [4.78, 5) is 0. The maximum Gasteiger partial charge on any atom is 0.00473 e. The van der Waals surface area contributed by atoms with E-state index in [0.29, 0.717) is 0 Å². The standard InChI is InChI=1S/C39H68S5/c1-3-31-4-2-30(1)21-40-23-32-5-7-34(8-6-32)25-42-27-36-13-15-38(16-14-36)29-44-39-19-17-37(18-20-39)28-43-26-35-11-9-33(10-12-35)24-41-22-31/h30-39H,1-29H2/t30-,31+,32-,33-,34+,35+,36-,37-,38+,39+. The summed E-state index contributed by atoms with van der Waals surface area (Å²) in [5, 5.41) is 0.990. The van der Waals surface area contributed by atoms with Crippen LogP contribution in [-0.2, 0) is 0 Å². The van der Waals surface area contributed by atoms with Gasteiger partial charge in [-0.15, -0.1) is 0 Å². The van der Waals surface area contributed by atoms with Crippen molar-refractivity contribution in [1.82, 2.24) is 0 Å². The van der Waals surface area contributed by atoms with Gasteiger partial charge in [-0.1, -0.05) is 0 Å². The van der Waals surface area contributed by atoms with Gasteiger partial charge in [-0.25, -0.2) is 0 Å². The van der Waals surface area contributed by atoms with Gasteiger partial charge in [-0.2, -0.15) is 58.8 Å². The van der Waals surface area contributed by atoms with Crippen molar-refractivity contribution < 1.29 is 0 Å². The quantitative estimate of drug-likeness (QED) is 0.246. The fourth-order valence-electron chi connectivity index (χ4n) is 9.60. The van der Waals surface area contributed by atoms with Gasteiger partial charge in [0.2, 0.25) is 0 Å². The zero-order chi connectivity index (χ0) is 29.8. The fraction of sp³-hybridized carbons (Fsp3) is 1.00. The van der Waals surface area contributed by atoms with E-state index < -0.39 is 0 Å². The minimum Gasteiger partial charge on any atom is -0.161 e. The molecular weight excluding hydrogens is 629 g/mol. The molecule has 13 fully saturated rings. The molecular formula is C39H68S5. The number of thioether (sulfide) groups is 5. The van der Waals surface area contributed by atoms with Crippen molar-refractivity contribution >= 4 is 58.8 Å². The second-order valence-corrected chi connectivity index (χ2v) is 22.3. The number of rotatable bonds is 0. The first kappa shape index (κ1) is 35.6. The van der Waals surface area contributed by atoms with Crippen molar-refractivity contribution in [3.63, 3.8) is 0 Å². The molecule has 0 unspecified atom stereocenters. The Kier molecular flexibility index (Phi) is 16.0. The van der Waals surface area contributed by atoms with Crippen LogP contribution >= 0.6 is 58.8 Å². The van der Waals surface area contributed by atoms with E-state index in [1.165, 1.54) is 180 Å². The highest BCUT2D eigenvalue weighted by Crippen LogP contribution is 2.41. The van der Waals surface area contributed by atoms with E-state index >= 15 is 0 Å². The highest BCUT2D eigenvalue weighted by molar-refractivity contribution is 8.00. The van der Waals surface area contributed by atoms with E-state index in [1.807, 2.05) is 0 Å². The number of hydrogen-bond acceptors (Lipinski definition) is 5. The van der Waals surface area contributed by atoms with Crippen molar-refractivity contribution in [1.29, 1.82) is 0 Å². The summed E-state index contributed by atoms with van der Waals surface area (Å²) in [5.41, 5.74) is 0. The first-order chi connectivity index (χ1) is 21.7. The molecule has 0 N–H and O–H groups in total. The van der Waals surface area contributed by atoms with Crippen molar-refractivity contribution in [2.24, 2.45) is 53.3 Å². The van der Waals surface area contributed by atoms with Crippen LogP contribution in [0.3, 0.4) is 0 Å². The molecule has 0 spiro atoms. The summed E-state index contributed by atoms with van der Waals surface area (Å²) in [5.74, 6) is 22.6. The topological polar surface area (TPSA) is 0 Å². The molecule has 0 aromatic heterocycles. The fourth-order valence-corrected chi connectivity index (χ4v) is 17.0. The molecule has 8 aliphatic heterocycles. The molecule has 5 aliphatic carbocycles. The van der Waals surface area contributed by atoms with E-state index in [2.05, 4.69) is 58.8 Å². The lowest BCUT2D eigenvalue weighted by atomic mass is 9.84. The van der Waals surface area contributed by atoms with Crippen LogP contribution in [0.1, 0.15) is 128 Å². The lowest BCUT2D eigenvalue weighted by Gasteiger charge is -2.33. The summed E-state index contributed by atoms with van der Waals surface area (Å²) in [6.45, 7) is 0. The predicted molar refractivity (Wildman–Crippen MR) is 209 cm³/mol. The van der Waals surface area contributed by atoms with Crippen LogP contribution in [0.4, 0.5) is 0 Å². The lowest BCUT2D eigenvalue weighted by Crippen LogP contribution is -2.23. The van der Waals surface area contributed by atoms with Crippen LogP contribution in [0.25, 0.3) is 0 Å². The normalized spacial score (nSPS) is 43.1. The zero-order valence-corrected chi connectivity index (χ0v) is 32.4. The minimum absolute atomic E-state index is 0.990. The largest absolute Gasteiger partial charge is 0.161 e. The highest BCUT2D eigenvalue weighted by atomic mass is 32.2. The lowest BCUT2D eigenvalue weighted by molar-refractivity contribution is 0.307. The molecule has 5 saturated carbocycles. The monoisotopic (exact) mass is 696 g/mol. The molecule has 0 nitrogen and oxygen atoms in total. The summed E-state index contributed by atoms with van der Waals surface area (Å²) < 4.78 is 0. The Bertz CT molecular complexity index is 686. The van der Waals surface area contributed by atoms with Gasteiger partial charge in [-0.05, 0) is 233 Å².